The SMILES string of the molecule is Cc1cc(=O)n2c(N)n[nH]c2n1. The molecular formula is C6H7N5O. The van der Waals surface area contributed by atoms with Crippen LogP contribution in [0.3, 0.4) is 0 Å². The summed E-state index contributed by atoms with van der Waals surface area (Å²) in [5, 5.41) is 6.20. The first-order valence-corrected chi connectivity index (χ1v) is 3.39. The van der Waals surface area contributed by atoms with Crippen LogP contribution in [0.5, 0.6) is 0 Å². The minimum Gasteiger partial charge on any atom is -0.368 e. The van der Waals surface area contributed by atoms with E-state index < -0.39 is 0 Å². The van der Waals surface area contributed by atoms with Crippen LogP contribution in [0.2, 0.25) is 0 Å². The number of hydrogen-bond acceptors (Lipinski definition) is 4. The molecule has 12 heavy (non-hydrogen) atoms. The second-order valence-corrected chi connectivity index (χ2v) is 2.48. The first kappa shape index (κ1) is 6.84. The molecule has 0 aliphatic carbocycles. The van der Waals surface area contributed by atoms with Crippen LogP contribution >= 0.6 is 0 Å². The molecule has 0 saturated heterocycles. The van der Waals surface area contributed by atoms with Crippen LogP contribution in [-0.4, -0.2) is 19.6 Å². The molecule has 0 radical (unpaired) electrons. The molecule has 0 bridgehead atoms. The van der Waals surface area contributed by atoms with Gasteiger partial charge in [-0.2, -0.15) is 0 Å². The molecule has 2 aromatic rings. The normalized spacial score (nSPS) is 10.8. The number of H-pyrrole nitrogens is 1. The number of aryl methyl sites for hydroxylation is 1. The van der Waals surface area contributed by atoms with Gasteiger partial charge in [-0.05, 0) is 6.92 Å². The standard InChI is InChI=1S/C6H7N5O/c1-3-2-4(12)11-5(7)9-10-6(11)8-3/h2H,1H3,(H2,7,9)(H,8,10). The monoisotopic (exact) mass is 165 g/mol. The summed E-state index contributed by atoms with van der Waals surface area (Å²) in [6, 6.07) is 1.40. The van der Waals surface area contributed by atoms with Crippen molar-refractivity contribution in [1.82, 2.24) is 19.6 Å². The third kappa shape index (κ3) is 0.777. The second-order valence-electron chi connectivity index (χ2n) is 2.48. The third-order valence-corrected chi connectivity index (χ3v) is 1.55. The van der Waals surface area contributed by atoms with Crippen molar-refractivity contribution >= 4 is 11.7 Å². The first-order chi connectivity index (χ1) is 5.68. The molecule has 0 aromatic carbocycles. The first-order valence-electron chi connectivity index (χ1n) is 3.39. The maximum Gasteiger partial charge on any atom is 0.262 e. The number of aromatic nitrogens is 4. The molecule has 6 nitrogen and oxygen atoms in total. The number of nitrogens with zero attached hydrogens (tertiary/aromatic N) is 3. The average molecular weight is 165 g/mol. The van der Waals surface area contributed by atoms with Gasteiger partial charge >= 0.3 is 0 Å². The van der Waals surface area contributed by atoms with Gasteiger partial charge in [0.25, 0.3) is 5.56 Å². The summed E-state index contributed by atoms with van der Waals surface area (Å²) in [5.41, 5.74) is 5.83. The van der Waals surface area contributed by atoms with Crippen molar-refractivity contribution in [2.24, 2.45) is 0 Å². The summed E-state index contributed by atoms with van der Waals surface area (Å²) in [6.45, 7) is 1.73. The zero-order chi connectivity index (χ0) is 8.72. The van der Waals surface area contributed by atoms with Crippen molar-refractivity contribution in [3.05, 3.63) is 22.1 Å². The van der Waals surface area contributed by atoms with Crippen molar-refractivity contribution in [2.75, 3.05) is 5.73 Å². The topological polar surface area (TPSA) is 89.1 Å². The van der Waals surface area contributed by atoms with Crippen LogP contribution in [0.1, 0.15) is 5.69 Å². The lowest BCUT2D eigenvalue weighted by molar-refractivity contribution is 1.03. The van der Waals surface area contributed by atoms with Crippen molar-refractivity contribution in [3.63, 3.8) is 0 Å². The predicted molar refractivity (Wildman–Crippen MR) is 42.8 cm³/mol. The lowest BCUT2D eigenvalue weighted by atomic mass is 10.4. The molecule has 2 heterocycles. The summed E-state index contributed by atoms with van der Waals surface area (Å²) < 4.78 is 1.22. The van der Waals surface area contributed by atoms with Crippen molar-refractivity contribution < 1.29 is 0 Å². The van der Waals surface area contributed by atoms with E-state index in [1.54, 1.807) is 6.92 Å². The van der Waals surface area contributed by atoms with E-state index in [9.17, 15) is 4.79 Å². The number of hydrogen-bond donors (Lipinski definition) is 2. The highest BCUT2D eigenvalue weighted by molar-refractivity contribution is 5.35. The zero-order valence-corrected chi connectivity index (χ0v) is 6.40. The number of nitrogens with one attached hydrogen (secondary N) is 1. The highest BCUT2D eigenvalue weighted by Gasteiger charge is 2.04. The largest absolute Gasteiger partial charge is 0.368 e. The molecule has 6 heteroatoms. The molecule has 0 atom stereocenters. The summed E-state index contributed by atoms with van der Waals surface area (Å²) in [5.74, 6) is 0.500. The van der Waals surface area contributed by atoms with Crippen molar-refractivity contribution in [1.29, 1.82) is 0 Å². The molecule has 3 N–H and O–H groups in total. The van der Waals surface area contributed by atoms with Gasteiger partial charge in [-0.3, -0.25) is 4.79 Å². The van der Waals surface area contributed by atoms with E-state index in [-0.39, 0.29) is 11.5 Å². The average Bonchev–Trinajstić information content (AvgIpc) is 2.31. The Bertz CT molecular complexity index is 482. The Morgan fingerprint density at radius 3 is 3.17 bits per heavy atom. The van der Waals surface area contributed by atoms with Crippen LogP contribution in [-0.2, 0) is 0 Å². The van der Waals surface area contributed by atoms with E-state index in [1.165, 1.54) is 10.5 Å². The van der Waals surface area contributed by atoms with Gasteiger partial charge in [0.15, 0.2) is 0 Å². The minimum absolute atomic E-state index is 0.127. The Morgan fingerprint density at radius 1 is 1.67 bits per heavy atom. The van der Waals surface area contributed by atoms with Gasteiger partial charge in [0.2, 0.25) is 11.7 Å². The van der Waals surface area contributed by atoms with E-state index >= 15 is 0 Å². The number of anilines is 1. The van der Waals surface area contributed by atoms with E-state index in [0.717, 1.165) is 0 Å². The summed E-state index contributed by atoms with van der Waals surface area (Å²) in [4.78, 5) is 15.3. The molecule has 0 aliphatic rings. The molecule has 0 aliphatic heterocycles. The van der Waals surface area contributed by atoms with Gasteiger partial charge in [0, 0.05) is 11.8 Å². The van der Waals surface area contributed by atoms with E-state index in [2.05, 4.69) is 15.2 Å². The maximum atomic E-state index is 11.3. The molecule has 62 valence electrons. The quantitative estimate of drug-likeness (QED) is 0.540. The lowest BCUT2D eigenvalue weighted by Gasteiger charge is -1.92. The number of nitrogen functional groups attached to an aromatic ring is 1. The van der Waals surface area contributed by atoms with E-state index in [4.69, 9.17) is 5.73 Å². The van der Waals surface area contributed by atoms with Gasteiger partial charge in [-0.25, -0.2) is 14.5 Å². The zero-order valence-electron chi connectivity index (χ0n) is 6.40. The Labute approximate surface area is 67.0 Å². The van der Waals surface area contributed by atoms with Gasteiger partial charge in [0.1, 0.15) is 0 Å². The highest BCUT2D eigenvalue weighted by atomic mass is 16.1. The number of fused-ring (bicyclic) bond motifs is 1. The fraction of sp³-hybridized carbons (Fsp3) is 0.167. The molecule has 0 spiro atoms. The predicted octanol–water partition coefficient (Wildman–Crippen LogP) is -0.692. The molecular weight excluding hydrogens is 158 g/mol. The minimum atomic E-state index is -0.219. The summed E-state index contributed by atoms with van der Waals surface area (Å²) in [7, 11) is 0. The molecule has 0 amide bonds. The molecule has 0 saturated carbocycles. The lowest BCUT2D eigenvalue weighted by Crippen LogP contribution is -2.15. The van der Waals surface area contributed by atoms with Gasteiger partial charge in [-0.1, -0.05) is 0 Å². The fourth-order valence-electron chi connectivity index (χ4n) is 1.05. The summed E-state index contributed by atoms with van der Waals surface area (Å²) >= 11 is 0. The highest BCUT2D eigenvalue weighted by Crippen LogP contribution is 1.97. The number of aromatic amines is 1. The second kappa shape index (κ2) is 2.07. The fourth-order valence-corrected chi connectivity index (χ4v) is 1.05. The number of rotatable bonds is 0. The van der Waals surface area contributed by atoms with Crippen LogP contribution in [0.25, 0.3) is 5.78 Å². The smallest absolute Gasteiger partial charge is 0.262 e. The van der Waals surface area contributed by atoms with Crippen LogP contribution < -0.4 is 11.3 Å². The Kier molecular flexibility index (Phi) is 1.18. The summed E-state index contributed by atoms with van der Waals surface area (Å²) in [6.07, 6.45) is 0. The Hall–Kier alpha value is -1.85. The van der Waals surface area contributed by atoms with Crippen LogP contribution in [0.4, 0.5) is 5.95 Å². The Balaban J connectivity index is 3.03. The third-order valence-electron chi connectivity index (χ3n) is 1.55. The maximum absolute atomic E-state index is 11.3. The van der Waals surface area contributed by atoms with Gasteiger partial charge in [-0.15, -0.1) is 5.10 Å². The van der Waals surface area contributed by atoms with Crippen molar-refractivity contribution in [3.8, 4) is 0 Å². The molecule has 2 aromatic heterocycles. The van der Waals surface area contributed by atoms with Gasteiger partial charge < -0.3 is 5.73 Å². The van der Waals surface area contributed by atoms with E-state index in [1.807, 2.05) is 0 Å². The van der Waals surface area contributed by atoms with Gasteiger partial charge in [0.05, 0.1) is 0 Å². The van der Waals surface area contributed by atoms with Crippen LogP contribution in [0.15, 0.2) is 10.9 Å². The van der Waals surface area contributed by atoms with Crippen molar-refractivity contribution in [2.45, 2.75) is 6.92 Å². The van der Waals surface area contributed by atoms with E-state index in [0.29, 0.717) is 11.5 Å². The van der Waals surface area contributed by atoms with Crippen LogP contribution in [0, 0.1) is 6.92 Å². The number of nitrogens with two attached hydrogens (primary N) is 1. The molecule has 2 rings (SSSR count). The molecule has 0 unspecified atom stereocenters. The molecule has 0 fully saturated rings. The Morgan fingerprint density at radius 2 is 2.42 bits per heavy atom.